The number of nitrogens with two attached hydrogens (primary N) is 1. The Kier molecular flexibility index (Phi) is 8.53. The first-order chi connectivity index (χ1) is 21.4. The van der Waals surface area contributed by atoms with Crippen LogP contribution in [-0.4, -0.2) is 75.8 Å². The van der Waals surface area contributed by atoms with Crippen LogP contribution >= 0.6 is 0 Å². The van der Waals surface area contributed by atoms with Crippen LogP contribution in [0.3, 0.4) is 0 Å². The second kappa shape index (κ2) is 12.8. The van der Waals surface area contributed by atoms with Crippen molar-refractivity contribution >= 4 is 35.1 Å². The summed E-state index contributed by atoms with van der Waals surface area (Å²) in [5, 5.41) is 10.8. The van der Waals surface area contributed by atoms with E-state index in [4.69, 9.17) is 5.73 Å². The van der Waals surface area contributed by atoms with Crippen molar-refractivity contribution in [1.82, 2.24) is 25.3 Å². The molecule has 11 nitrogen and oxygen atoms in total. The van der Waals surface area contributed by atoms with Gasteiger partial charge in [0.2, 0.25) is 17.7 Å². The maximum atomic E-state index is 13.1. The van der Waals surface area contributed by atoms with E-state index in [2.05, 4.69) is 20.4 Å². The molecule has 0 radical (unpaired) electrons. The quantitative estimate of drug-likeness (QED) is 0.284. The third-order valence-corrected chi connectivity index (χ3v) is 8.86. The van der Waals surface area contributed by atoms with Crippen LogP contribution in [0.25, 0.3) is 11.3 Å². The maximum absolute atomic E-state index is 13.1. The normalized spacial score (nSPS) is 18.4. The van der Waals surface area contributed by atoms with E-state index in [9.17, 15) is 19.2 Å². The number of piperazine rings is 1. The summed E-state index contributed by atoms with van der Waals surface area (Å²) in [6, 6.07) is 17.0. The minimum absolute atomic E-state index is 0.151. The number of aryl methyl sites for hydroxylation is 1. The summed E-state index contributed by atoms with van der Waals surface area (Å²) in [7, 11) is 0. The molecule has 1 aromatic heterocycles. The van der Waals surface area contributed by atoms with Gasteiger partial charge in [-0.25, -0.2) is 0 Å². The lowest BCUT2D eigenvalue weighted by atomic mass is 9.98. The molecule has 3 aromatic rings. The fourth-order valence-corrected chi connectivity index (χ4v) is 6.40. The number of imide groups is 1. The van der Waals surface area contributed by atoms with Gasteiger partial charge in [0.15, 0.2) is 5.82 Å². The van der Waals surface area contributed by atoms with Gasteiger partial charge in [-0.15, -0.1) is 10.2 Å². The summed E-state index contributed by atoms with van der Waals surface area (Å²) >= 11 is 0. The summed E-state index contributed by atoms with van der Waals surface area (Å²) in [6.07, 6.45) is 4.52. The molecule has 1 unspecified atom stereocenters. The molecular formula is C33H37N7O4. The molecule has 2 aromatic carbocycles. The number of hydrogen-bond acceptors (Lipinski definition) is 8. The topological polar surface area (TPSA) is 142 Å². The number of piperidine rings is 1. The standard InChI is InChI=1S/C33H37N7O4/c34-31-28(20-26(36-37-31)23-9-4-1-5-10-23)38-16-18-39(19-17-38)30(42)13-6-2-3-8-22-11-7-12-24-25(22)21-40(33(24)44)27-14-15-29(41)35-32(27)43/h1,4-5,7,9-12,20,27H,2-3,6,8,13-19,21H2,(H2,34,37)(H,35,41,43). The molecule has 3 aliphatic heterocycles. The van der Waals surface area contributed by atoms with E-state index >= 15 is 0 Å². The van der Waals surface area contributed by atoms with Crippen molar-refractivity contribution in [3.8, 4) is 11.3 Å². The third kappa shape index (κ3) is 6.13. The molecule has 2 saturated heterocycles. The number of amides is 4. The zero-order chi connectivity index (χ0) is 30.6. The Morgan fingerprint density at radius 3 is 2.50 bits per heavy atom. The molecule has 0 aliphatic carbocycles. The number of benzene rings is 2. The molecule has 3 aliphatic rings. The highest BCUT2D eigenvalue weighted by Crippen LogP contribution is 2.31. The Morgan fingerprint density at radius 2 is 1.73 bits per heavy atom. The number of aromatic nitrogens is 2. The smallest absolute Gasteiger partial charge is 0.255 e. The predicted molar refractivity (Wildman–Crippen MR) is 165 cm³/mol. The Balaban J connectivity index is 0.955. The van der Waals surface area contributed by atoms with E-state index in [0.29, 0.717) is 56.9 Å². The van der Waals surface area contributed by atoms with Crippen LogP contribution in [0.15, 0.2) is 54.6 Å². The summed E-state index contributed by atoms with van der Waals surface area (Å²) < 4.78 is 0. The zero-order valence-electron chi connectivity index (χ0n) is 24.7. The van der Waals surface area contributed by atoms with Crippen molar-refractivity contribution in [3.63, 3.8) is 0 Å². The lowest BCUT2D eigenvalue weighted by molar-refractivity contribution is -0.137. The lowest BCUT2D eigenvalue weighted by Gasteiger charge is -2.36. The molecule has 0 saturated carbocycles. The van der Waals surface area contributed by atoms with Gasteiger partial charge in [0, 0.05) is 56.7 Å². The van der Waals surface area contributed by atoms with Crippen molar-refractivity contribution < 1.29 is 19.2 Å². The average Bonchev–Trinajstić information content (AvgIpc) is 3.38. The lowest BCUT2D eigenvalue weighted by Crippen LogP contribution is -2.52. The number of unbranched alkanes of at least 4 members (excludes halogenated alkanes) is 2. The SMILES string of the molecule is Nc1nnc(-c2ccccc2)cc1N1CCN(C(=O)CCCCCc2cccc3c2CN(C2CCC(=O)NC2=O)C3=O)CC1. The first kappa shape index (κ1) is 29.3. The minimum Gasteiger partial charge on any atom is -0.380 e. The predicted octanol–water partition coefficient (Wildman–Crippen LogP) is 2.94. The third-order valence-electron chi connectivity index (χ3n) is 8.86. The summed E-state index contributed by atoms with van der Waals surface area (Å²) in [6.45, 7) is 3.02. The molecule has 228 valence electrons. The van der Waals surface area contributed by atoms with Crippen LogP contribution in [-0.2, 0) is 27.3 Å². The van der Waals surface area contributed by atoms with E-state index in [-0.39, 0.29) is 24.1 Å². The molecule has 4 amide bonds. The summed E-state index contributed by atoms with van der Waals surface area (Å²) in [4.78, 5) is 55.7. The number of carbonyl (C=O) groups is 4. The number of nitrogens with one attached hydrogen (secondary N) is 1. The van der Waals surface area contributed by atoms with E-state index < -0.39 is 11.9 Å². The number of fused-ring (bicyclic) bond motifs is 1. The van der Waals surface area contributed by atoms with Crippen LogP contribution in [0.4, 0.5) is 11.5 Å². The monoisotopic (exact) mass is 595 g/mol. The highest BCUT2D eigenvalue weighted by atomic mass is 16.2. The van der Waals surface area contributed by atoms with E-state index in [0.717, 1.165) is 53.8 Å². The van der Waals surface area contributed by atoms with Crippen molar-refractivity contribution in [1.29, 1.82) is 0 Å². The first-order valence-electron chi connectivity index (χ1n) is 15.4. The van der Waals surface area contributed by atoms with Crippen molar-refractivity contribution in [3.05, 3.63) is 71.3 Å². The van der Waals surface area contributed by atoms with Crippen LogP contribution in [0.2, 0.25) is 0 Å². The fraction of sp³-hybridized carbons (Fsp3) is 0.394. The van der Waals surface area contributed by atoms with Gasteiger partial charge in [0.05, 0.1) is 11.4 Å². The van der Waals surface area contributed by atoms with E-state index in [1.165, 1.54) is 0 Å². The van der Waals surface area contributed by atoms with E-state index in [1.807, 2.05) is 59.5 Å². The number of nitrogens with zero attached hydrogens (tertiary/aromatic N) is 5. The molecule has 0 bridgehead atoms. The first-order valence-corrected chi connectivity index (χ1v) is 15.4. The Labute approximate surface area is 256 Å². The van der Waals surface area contributed by atoms with Crippen molar-refractivity contribution in [2.45, 2.75) is 57.5 Å². The van der Waals surface area contributed by atoms with Gasteiger partial charge in [0.1, 0.15) is 6.04 Å². The van der Waals surface area contributed by atoms with Gasteiger partial charge in [-0.1, -0.05) is 48.9 Å². The summed E-state index contributed by atoms with van der Waals surface area (Å²) in [5.74, 6) is -0.280. The zero-order valence-corrected chi connectivity index (χ0v) is 24.7. The van der Waals surface area contributed by atoms with Crippen molar-refractivity contribution in [2.24, 2.45) is 0 Å². The molecule has 6 rings (SSSR count). The highest BCUT2D eigenvalue weighted by molar-refractivity contribution is 6.05. The Bertz CT molecular complexity index is 1570. The van der Waals surface area contributed by atoms with Gasteiger partial charge in [-0.05, 0) is 48.9 Å². The number of nitrogen functional groups attached to an aromatic ring is 1. The van der Waals surface area contributed by atoms with Gasteiger partial charge < -0.3 is 20.4 Å². The van der Waals surface area contributed by atoms with Crippen molar-refractivity contribution in [2.75, 3.05) is 36.8 Å². The second-order valence-corrected chi connectivity index (χ2v) is 11.6. The van der Waals surface area contributed by atoms with E-state index in [1.54, 1.807) is 4.90 Å². The molecule has 4 heterocycles. The Hall–Kier alpha value is -4.80. The average molecular weight is 596 g/mol. The number of rotatable bonds is 9. The number of carbonyl (C=O) groups excluding carboxylic acids is 4. The largest absolute Gasteiger partial charge is 0.380 e. The molecule has 1 atom stereocenters. The van der Waals surface area contributed by atoms with Crippen LogP contribution in [0.5, 0.6) is 0 Å². The van der Waals surface area contributed by atoms with Gasteiger partial charge in [-0.2, -0.15) is 0 Å². The number of hydrogen-bond donors (Lipinski definition) is 2. The molecule has 2 fully saturated rings. The molecule has 44 heavy (non-hydrogen) atoms. The summed E-state index contributed by atoms with van der Waals surface area (Å²) in [5.41, 5.74) is 11.5. The molecular weight excluding hydrogens is 558 g/mol. The van der Waals surface area contributed by atoms with Gasteiger partial charge in [-0.3, -0.25) is 24.5 Å². The van der Waals surface area contributed by atoms with Crippen LogP contribution < -0.4 is 16.0 Å². The minimum atomic E-state index is -0.612. The molecule has 0 spiro atoms. The van der Waals surface area contributed by atoms with Crippen LogP contribution in [0.1, 0.15) is 60.0 Å². The second-order valence-electron chi connectivity index (χ2n) is 11.6. The molecule has 11 heteroatoms. The van der Waals surface area contributed by atoms with Crippen LogP contribution in [0, 0.1) is 0 Å². The highest BCUT2D eigenvalue weighted by Gasteiger charge is 2.39. The maximum Gasteiger partial charge on any atom is 0.255 e. The molecule has 3 N–H and O–H groups in total. The van der Waals surface area contributed by atoms with Gasteiger partial charge in [0.25, 0.3) is 5.91 Å². The number of anilines is 2. The fourth-order valence-electron chi connectivity index (χ4n) is 6.40. The van der Waals surface area contributed by atoms with Gasteiger partial charge >= 0.3 is 0 Å². The Morgan fingerprint density at radius 1 is 0.932 bits per heavy atom.